The number of benzene rings is 1. The zero-order chi connectivity index (χ0) is 14.0. The molecule has 0 heterocycles. The summed E-state index contributed by atoms with van der Waals surface area (Å²) >= 11 is 6.16. The first-order valence-corrected chi connectivity index (χ1v) is 7.11. The lowest BCUT2D eigenvalue weighted by Crippen LogP contribution is -2.40. The minimum absolute atomic E-state index is 0.328. The van der Waals surface area contributed by atoms with Crippen molar-refractivity contribution in [3.63, 3.8) is 0 Å². The Morgan fingerprint density at radius 1 is 1.47 bits per heavy atom. The first kappa shape index (κ1) is 14.2. The highest BCUT2D eigenvalue weighted by atomic mass is 35.5. The molecule has 2 rings (SSSR count). The Bertz CT molecular complexity index is 483. The van der Waals surface area contributed by atoms with Crippen molar-refractivity contribution in [2.24, 2.45) is 0 Å². The van der Waals surface area contributed by atoms with Crippen LogP contribution in [0.5, 0.6) is 0 Å². The fourth-order valence-corrected chi connectivity index (χ4v) is 2.82. The molecule has 0 amide bonds. The molecule has 0 N–H and O–H groups in total. The fraction of sp³-hybridized carbons (Fsp3) is 0.533. The second-order valence-electron chi connectivity index (χ2n) is 4.96. The van der Waals surface area contributed by atoms with Gasteiger partial charge in [-0.3, -0.25) is 0 Å². The van der Waals surface area contributed by atoms with Crippen LogP contribution in [0.3, 0.4) is 0 Å². The lowest BCUT2D eigenvalue weighted by molar-refractivity contribution is 0.0600. The van der Waals surface area contributed by atoms with Crippen molar-refractivity contribution in [1.29, 1.82) is 0 Å². The number of nitrogens with zero attached hydrogens (tertiary/aromatic N) is 1. The van der Waals surface area contributed by atoms with Crippen molar-refractivity contribution in [2.75, 3.05) is 18.6 Å². The van der Waals surface area contributed by atoms with Gasteiger partial charge in [0.15, 0.2) is 0 Å². The van der Waals surface area contributed by atoms with E-state index in [0.717, 1.165) is 17.8 Å². The topological polar surface area (TPSA) is 29.5 Å². The van der Waals surface area contributed by atoms with Gasteiger partial charge in [-0.25, -0.2) is 4.79 Å². The molecule has 1 aliphatic rings. The maximum atomic E-state index is 11.8. The minimum Gasteiger partial charge on any atom is -0.465 e. The molecule has 0 saturated heterocycles. The molecule has 1 aromatic rings. The van der Waals surface area contributed by atoms with Crippen molar-refractivity contribution < 1.29 is 9.53 Å². The molecule has 0 aromatic heterocycles. The van der Waals surface area contributed by atoms with Crippen molar-refractivity contribution in [3.05, 3.63) is 28.3 Å². The maximum absolute atomic E-state index is 11.8. The summed E-state index contributed by atoms with van der Waals surface area (Å²) in [6.45, 7) is 5.02. The summed E-state index contributed by atoms with van der Waals surface area (Å²) in [5.41, 5.74) is 2.56. The summed E-state index contributed by atoms with van der Waals surface area (Å²) in [6.07, 6.45) is 3.71. The van der Waals surface area contributed by atoms with Crippen LogP contribution < -0.4 is 4.90 Å². The third-order valence-electron chi connectivity index (χ3n) is 3.92. The molecule has 0 atom stereocenters. The highest BCUT2D eigenvalue weighted by Gasteiger charge is 2.26. The van der Waals surface area contributed by atoms with Crippen LogP contribution in [0.25, 0.3) is 0 Å². The average molecular weight is 282 g/mol. The molecule has 0 bridgehead atoms. The van der Waals surface area contributed by atoms with Gasteiger partial charge in [0.2, 0.25) is 0 Å². The standard InChI is InChI=1S/C15H20ClNO2/c1-4-17(12-6-5-7-12)14-9-11(16)8-13(10(14)2)15(18)19-3/h8-9,12H,4-7H2,1-3H3. The zero-order valence-corrected chi connectivity index (χ0v) is 12.5. The molecule has 4 heteroatoms. The lowest BCUT2D eigenvalue weighted by Gasteiger charge is -2.39. The fourth-order valence-electron chi connectivity index (χ4n) is 2.61. The van der Waals surface area contributed by atoms with Crippen LogP contribution in [0.15, 0.2) is 12.1 Å². The highest BCUT2D eigenvalue weighted by Crippen LogP contribution is 2.34. The van der Waals surface area contributed by atoms with E-state index in [1.54, 1.807) is 6.07 Å². The first-order valence-electron chi connectivity index (χ1n) is 6.73. The second kappa shape index (κ2) is 5.83. The molecule has 1 saturated carbocycles. The number of halogens is 1. The van der Waals surface area contributed by atoms with E-state index in [2.05, 4.69) is 11.8 Å². The van der Waals surface area contributed by atoms with Crippen LogP contribution in [0, 0.1) is 6.92 Å². The number of carbonyl (C=O) groups excluding carboxylic acids is 1. The van der Waals surface area contributed by atoms with Crippen molar-refractivity contribution in [1.82, 2.24) is 0 Å². The van der Waals surface area contributed by atoms with E-state index in [0.29, 0.717) is 16.6 Å². The summed E-state index contributed by atoms with van der Waals surface area (Å²) in [4.78, 5) is 14.1. The number of hydrogen-bond donors (Lipinski definition) is 0. The van der Waals surface area contributed by atoms with Gasteiger partial charge in [-0.05, 0) is 50.8 Å². The summed E-state index contributed by atoms with van der Waals surface area (Å²) in [6, 6.07) is 4.21. The van der Waals surface area contributed by atoms with E-state index in [1.165, 1.54) is 26.4 Å². The van der Waals surface area contributed by atoms with E-state index >= 15 is 0 Å². The monoisotopic (exact) mass is 281 g/mol. The molecule has 19 heavy (non-hydrogen) atoms. The summed E-state index contributed by atoms with van der Waals surface area (Å²) in [5.74, 6) is -0.328. The molecule has 0 radical (unpaired) electrons. The van der Waals surface area contributed by atoms with E-state index in [9.17, 15) is 4.79 Å². The Balaban J connectivity index is 2.43. The Hall–Kier alpha value is -1.22. The van der Waals surface area contributed by atoms with Crippen LogP contribution in [0.1, 0.15) is 42.1 Å². The van der Waals surface area contributed by atoms with Crippen LogP contribution in [0.2, 0.25) is 5.02 Å². The van der Waals surface area contributed by atoms with Gasteiger partial charge >= 0.3 is 5.97 Å². The smallest absolute Gasteiger partial charge is 0.338 e. The van der Waals surface area contributed by atoms with Gasteiger partial charge in [0.25, 0.3) is 0 Å². The van der Waals surface area contributed by atoms with Gasteiger partial charge in [0.05, 0.1) is 12.7 Å². The molecule has 0 aliphatic heterocycles. The van der Waals surface area contributed by atoms with Gasteiger partial charge in [0.1, 0.15) is 0 Å². The predicted octanol–water partition coefficient (Wildman–Crippen LogP) is 3.81. The van der Waals surface area contributed by atoms with Gasteiger partial charge in [-0.2, -0.15) is 0 Å². The molecular weight excluding hydrogens is 262 g/mol. The summed E-state index contributed by atoms with van der Waals surface area (Å²) in [7, 11) is 1.39. The summed E-state index contributed by atoms with van der Waals surface area (Å²) < 4.78 is 4.83. The molecule has 0 unspecified atom stereocenters. The zero-order valence-electron chi connectivity index (χ0n) is 11.7. The normalized spacial score (nSPS) is 14.9. The van der Waals surface area contributed by atoms with Gasteiger partial charge in [-0.15, -0.1) is 0 Å². The number of ether oxygens (including phenoxy) is 1. The van der Waals surface area contributed by atoms with Gasteiger partial charge in [-0.1, -0.05) is 11.6 Å². The van der Waals surface area contributed by atoms with Crippen LogP contribution in [0.4, 0.5) is 5.69 Å². The Morgan fingerprint density at radius 2 is 2.16 bits per heavy atom. The molecule has 1 aliphatic carbocycles. The third-order valence-corrected chi connectivity index (χ3v) is 4.13. The van der Waals surface area contributed by atoms with E-state index in [-0.39, 0.29) is 5.97 Å². The quantitative estimate of drug-likeness (QED) is 0.786. The number of carbonyl (C=O) groups is 1. The largest absolute Gasteiger partial charge is 0.465 e. The number of hydrogen-bond acceptors (Lipinski definition) is 3. The molecule has 104 valence electrons. The molecule has 1 aromatic carbocycles. The SMILES string of the molecule is CCN(c1cc(Cl)cc(C(=O)OC)c1C)C1CCC1. The van der Waals surface area contributed by atoms with E-state index in [4.69, 9.17) is 16.3 Å². The molecule has 1 fully saturated rings. The number of esters is 1. The van der Waals surface area contributed by atoms with E-state index in [1.807, 2.05) is 13.0 Å². The molecular formula is C15H20ClNO2. The van der Waals surface area contributed by atoms with Crippen LogP contribution in [-0.4, -0.2) is 25.7 Å². The number of anilines is 1. The molecule has 3 nitrogen and oxygen atoms in total. The number of rotatable bonds is 4. The second-order valence-corrected chi connectivity index (χ2v) is 5.40. The highest BCUT2D eigenvalue weighted by molar-refractivity contribution is 6.31. The Kier molecular flexibility index (Phi) is 4.35. The lowest BCUT2D eigenvalue weighted by atomic mass is 9.90. The average Bonchev–Trinajstić information content (AvgIpc) is 2.35. The Labute approximate surface area is 119 Å². The third kappa shape index (κ3) is 2.71. The Morgan fingerprint density at radius 3 is 2.63 bits per heavy atom. The first-order chi connectivity index (χ1) is 9.08. The van der Waals surface area contributed by atoms with Gasteiger partial charge < -0.3 is 9.64 Å². The predicted molar refractivity (Wildman–Crippen MR) is 78.2 cm³/mol. The van der Waals surface area contributed by atoms with Crippen molar-refractivity contribution in [2.45, 2.75) is 39.2 Å². The molecule has 0 spiro atoms. The minimum atomic E-state index is -0.328. The van der Waals surface area contributed by atoms with Crippen LogP contribution in [-0.2, 0) is 4.74 Å². The van der Waals surface area contributed by atoms with Crippen molar-refractivity contribution >= 4 is 23.3 Å². The van der Waals surface area contributed by atoms with Gasteiger partial charge in [0, 0.05) is 23.3 Å². The maximum Gasteiger partial charge on any atom is 0.338 e. The van der Waals surface area contributed by atoms with Crippen LogP contribution >= 0.6 is 11.6 Å². The van der Waals surface area contributed by atoms with Crippen molar-refractivity contribution in [3.8, 4) is 0 Å². The van der Waals surface area contributed by atoms with E-state index < -0.39 is 0 Å². The number of methoxy groups -OCH3 is 1. The summed E-state index contributed by atoms with van der Waals surface area (Å²) in [5, 5.41) is 0.582.